The maximum atomic E-state index is 13.3. The van der Waals surface area contributed by atoms with Crippen LogP contribution in [0.1, 0.15) is 12.8 Å². The summed E-state index contributed by atoms with van der Waals surface area (Å²) in [5.41, 5.74) is 1.41. The molecule has 0 atom stereocenters. The number of hydrogen-bond donors (Lipinski definition) is 2. The minimum absolute atomic E-state index is 0.0522. The number of hydrazone groups is 1. The van der Waals surface area contributed by atoms with Crippen LogP contribution in [0.15, 0.2) is 17.2 Å². The van der Waals surface area contributed by atoms with E-state index in [-0.39, 0.29) is 24.5 Å². The number of nitrogens with one attached hydrogen (secondary N) is 2. The van der Waals surface area contributed by atoms with E-state index in [2.05, 4.69) is 10.5 Å². The first-order valence-electron chi connectivity index (χ1n) is 5.28. The van der Waals surface area contributed by atoms with Crippen molar-refractivity contribution in [2.24, 2.45) is 5.10 Å². The Balaban J connectivity index is 2.18. The molecule has 2 amide bonds. The Morgan fingerprint density at radius 1 is 1.26 bits per heavy atom. The molecule has 8 heteroatoms. The van der Waals surface area contributed by atoms with E-state index in [4.69, 9.17) is 0 Å². The van der Waals surface area contributed by atoms with Crippen LogP contribution in [0, 0.1) is 17.5 Å². The van der Waals surface area contributed by atoms with Crippen molar-refractivity contribution >= 4 is 23.2 Å². The van der Waals surface area contributed by atoms with Gasteiger partial charge < -0.3 is 5.32 Å². The Morgan fingerprint density at radius 3 is 2.63 bits per heavy atom. The normalized spacial score (nSPS) is 14.7. The molecule has 1 heterocycles. The molecule has 0 saturated carbocycles. The molecule has 100 valence electrons. The van der Waals surface area contributed by atoms with Gasteiger partial charge in [-0.3, -0.25) is 9.59 Å². The smallest absolute Gasteiger partial charge is 0.271 e. The first kappa shape index (κ1) is 13.1. The number of carbonyl (C=O) groups excluding carboxylic acids is 2. The number of carbonyl (C=O) groups is 2. The van der Waals surface area contributed by atoms with Gasteiger partial charge >= 0.3 is 0 Å². The zero-order valence-electron chi connectivity index (χ0n) is 9.47. The van der Waals surface area contributed by atoms with Gasteiger partial charge in [-0.15, -0.1) is 0 Å². The van der Waals surface area contributed by atoms with Crippen LogP contribution in [-0.2, 0) is 9.59 Å². The molecule has 2 N–H and O–H groups in total. The van der Waals surface area contributed by atoms with Crippen LogP contribution in [-0.4, -0.2) is 17.5 Å². The summed E-state index contributed by atoms with van der Waals surface area (Å²) >= 11 is 0. The second-order valence-corrected chi connectivity index (χ2v) is 3.80. The van der Waals surface area contributed by atoms with Gasteiger partial charge in [0.25, 0.3) is 5.91 Å². The van der Waals surface area contributed by atoms with Crippen molar-refractivity contribution in [1.82, 2.24) is 5.43 Å². The highest BCUT2D eigenvalue weighted by Crippen LogP contribution is 2.19. The molecule has 1 aromatic rings. The third-order valence-electron chi connectivity index (χ3n) is 2.41. The summed E-state index contributed by atoms with van der Waals surface area (Å²) in [7, 11) is 0. The number of nitrogens with zero attached hydrogens (tertiary/aromatic N) is 1. The lowest BCUT2D eigenvalue weighted by Crippen LogP contribution is -2.33. The second kappa shape index (κ2) is 5.09. The van der Waals surface area contributed by atoms with Crippen LogP contribution in [0.25, 0.3) is 0 Å². The molecule has 0 spiro atoms. The van der Waals surface area contributed by atoms with Gasteiger partial charge in [0, 0.05) is 25.0 Å². The van der Waals surface area contributed by atoms with Crippen molar-refractivity contribution in [3.63, 3.8) is 0 Å². The largest absolute Gasteiger partial charge is 0.318 e. The van der Waals surface area contributed by atoms with Gasteiger partial charge in [0.05, 0.1) is 5.69 Å². The summed E-state index contributed by atoms with van der Waals surface area (Å²) in [5, 5.41) is 5.48. The highest BCUT2D eigenvalue weighted by molar-refractivity contribution is 6.43. The summed E-state index contributed by atoms with van der Waals surface area (Å²) in [6.07, 6.45) is 0.128. The Morgan fingerprint density at radius 2 is 2.00 bits per heavy atom. The molecule has 0 radical (unpaired) electrons. The fourth-order valence-corrected chi connectivity index (χ4v) is 1.48. The van der Waals surface area contributed by atoms with Crippen molar-refractivity contribution < 1.29 is 22.8 Å². The van der Waals surface area contributed by atoms with E-state index in [9.17, 15) is 22.8 Å². The van der Waals surface area contributed by atoms with Crippen molar-refractivity contribution in [2.75, 3.05) is 5.32 Å². The summed E-state index contributed by atoms with van der Waals surface area (Å²) in [5.74, 6) is -4.97. The lowest BCUT2D eigenvalue weighted by Gasteiger charge is -2.12. The number of hydrogen-bond acceptors (Lipinski definition) is 3. The highest BCUT2D eigenvalue weighted by Gasteiger charge is 2.20. The maximum absolute atomic E-state index is 13.3. The highest BCUT2D eigenvalue weighted by atomic mass is 19.2. The monoisotopic (exact) mass is 271 g/mol. The predicted molar refractivity (Wildman–Crippen MR) is 59.8 cm³/mol. The van der Waals surface area contributed by atoms with Crippen molar-refractivity contribution in [3.8, 4) is 0 Å². The van der Waals surface area contributed by atoms with E-state index in [1.165, 1.54) is 0 Å². The van der Waals surface area contributed by atoms with Crippen molar-refractivity contribution in [3.05, 3.63) is 29.6 Å². The van der Waals surface area contributed by atoms with E-state index >= 15 is 0 Å². The number of amides is 2. The number of halogens is 3. The molecule has 1 aliphatic rings. The first-order chi connectivity index (χ1) is 8.97. The molecule has 19 heavy (non-hydrogen) atoms. The average Bonchev–Trinajstić information content (AvgIpc) is 2.36. The molecule has 1 aromatic carbocycles. The quantitative estimate of drug-likeness (QED) is 0.796. The molecule has 0 bridgehead atoms. The van der Waals surface area contributed by atoms with Gasteiger partial charge in [-0.05, 0) is 0 Å². The molecule has 0 aromatic heterocycles. The molecule has 0 aliphatic carbocycles. The van der Waals surface area contributed by atoms with Crippen LogP contribution in [0.3, 0.4) is 0 Å². The standard InChI is InChI=1S/C11H8F3N3O2/c12-5-3-6(13)10(14)8(4-5)15-11(19)7-1-2-9(18)17-16-7/h3-4H,1-2H2,(H,15,19)(H,17,18). The van der Waals surface area contributed by atoms with Gasteiger partial charge in [0.15, 0.2) is 11.6 Å². The Labute approximate surface area is 105 Å². The van der Waals surface area contributed by atoms with Crippen LogP contribution in [0.5, 0.6) is 0 Å². The predicted octanol–water partition coefficient (Wildman–Crippen LogP) is 1.31. The number of benzene rings is 1. The topological polar surface area (TPSA) is 70.6 Å². The van der Waals surface area contributed by atoms with Gasteiger partial charge in [0.2, 0.25) is 5.91 Å². The summed E-state index contributed by atoms with van der Waals surface area (Å²) in [6, 6.07) is 1.02. The van der Waals surface area contributed by atoms with Gasteiger partial charge in [0.1, 0.15) is 11.5 Å². The van der Waals surface area contributed by atoms with Crippen LogP contribution >= 0.6 is 0 Å². The Bertz CT molecular complexity index is 587. The summed E-state index contributed by atoms with van der Waals surface area (Å²) < 4.78 is 39.1. The van der Waals surface area contributed by atoms with Crippen molar-refractivity contribution in [1.29, 1.82) is 0 Å². The molecule has 2 rings (SSSR count). The average molecular weight is 271 g/mol. The van der Waals surface area contributed by atoms with Crippen LogP contribution < -0.4 is 10.7 Å². The van der Waals surface area contributed by atoms with Gasteiger partial charge in [-0.2, -0.15) is 5.10 Å². The number of anilines is 1. The van der Waals surface area contributed by atoms with Crippen LogP contribution in [0.2, 0.25) is 0 Å². The van der Waals surface area contributed by atoms with Gasteiger partial charge in [-0.25, -0.2) is 18.6 Å². The SMILES string of the molecule is O=C1CCC(C(=O)Nc2cc(F)cc(F)c2F)=NN1. The zero-order chi connectivity index (χ0) is 14.0. The molecule has 0 fully saturated rings. The second-order valence-electron chi connectivity index (χ2n) is 3.80. The lowest BCUT2D eigenvalue weighted by molar-refractivity contribution is -0.121. The van der Waals surface area contributed by atoms with E-state index in [0.717, 1.165) is 0 Å². The van der Waals surface area contributed by atoms with Gasteiger partial charge in [-0.1, -0.05) is 0 Å². The Kier molecular flexibility index (Phi) is 3.50. The van der Waals surface area contributed by atoms with E-state index in [1.54, 1.807) is 0 Å². The minimum atomic E-state index is -1.41. The lowest BCUT2D eigenvalue weighted by atomic mass is 10.1. The van der Waals surface area contributed by atoms with E-state index in [1.807, 2.05) is 5.32 Å². The fourth-order valence-electron chi connectivity index (χ4n) is 1.48. The molecule has 0 unspecified atom stereocenters. The summed E-state index contributed by atoms with van der Waals surface area (Å²) in [4.78, 5) is 22.5. The molecular formula is C11H8F3N3O2. The maximum Gasteiger partial charge on any atom is 0.271 e. The fraction of sp³-hybridized carbons (Fsp3) is 0.182. The molecule has 5 nitrogen and oxygen atoms in total. The minimum Gasteiger partial charge on any atom is -0.318 e. The van der Waals surface area contributed by atoms with E-state index in [0.29, 0.717) is 12.1 Å². The van der Waals surface area contributed by atoms with E-state index < -0.39 is 29.0 Å². The molecule has 1 aliphatic heterocycles. The number of rotatable bonds is 2. The van der Waals surface area contributed by atoms with Crippen molar-refractivity contribution in [2.45, 2.75) is 12.8 Å². The third kappa shape index (κ3) is 2.90. The zero-order valence-corrected chi connectivity index (χ0v) is 9.47. The summed E-state index contributed by atoms with van der Waals surface area (Å²) in [6.45, 7) is 0. The first-order valence-corrected chi connectivity index (χ1v) is 5.28. The van der Waals surface area contributed by atoms with Crippen LogP contribution in [0.4, 0.5) is 18.9 Å². The Hall–Kier alpha value is -2.38. The molecule has 0 saturated heterocycles. The molecular weight excluding hydrogens is 263 g/mol. The third-order valence-corrected chi connectivity index (χ3v) is 2.41.